The summed E-state index contributed by atoms with van der Waals surface area (Å²) in [7, 11) is 0. The van der Waals surface area contributed by atoms with Gasteiger partial charge in [0.15, 0.2) is 12.2 Å². The zero-order valence-electron chi connectivity index (χ0n) is 16.4. The van der Waals surface area contributed by atoms with E-state index in [1.807, 2.05) is 13.8 Å². The van der Waals surface area contributed by atoms with E-state index in [1.54, 1.807) is 4.90 Å². The molecule has 156 valence electrons. The third-order valence-electron chi connectivity index (χ3n) is 4.39. The number of carbonyl (C=O) groups excluding carboxylic acids is 2. The number of carboxylic acid groups (broad SMARTS) is 1. The van der Waals surface area contributed by atoms with Gasteiger partial charge in [0.05, 0.1) is 0 Å². The Balaban J connectivity index is 2.75. The van der Waals surface area contributed by atoms with E-state index in [0.717, 1.165) is 25.7 Å². The predicted octanol–water partition coefficient (Wildman–Crippen LogP) is -0.324. The van der Waals surface area contributed by atoms with Gasteiger partial charge in [-0.05, 0) is 51.1 Å². The number of carbonyl (C=O) groups is 3. The van der Waals surface area contributed by atoms with Gasteiger partial charge in [0.2, 0.25) is 5.91 Å². The van der Waals surface area contributed by atoms with Gasteiger partial charge in [0, 0.05) is 13.1 Å². The van der Waals surface area contributed by atoms with Crippen molar-refractivity contribution < 1.29 is 24.2 Å². The maximum absolute atomic E-state index is 13.1. The molecule has 0 bridgehead atoms. The second kappa shape index (κ2) is 11.9. The topological polar surface area (TPSA) is 151 Å². The van der Waals surface area contributed by atoms with E-state index < -0.39 is 30.1 Å². The monoisotopic (exact) mass is 386 g/mol. The van der Waals surface area contributed by atoms with Crippen molar-refractivity contribution in [2.24, 2.45) is 17.4 Å². The number of hydrogen-bond acceptors (Lipinski definition) is 6. The zero-order valence-corrected chi connectivity index (χ0v) is 16.4. The smallest absolute Gasteiger partial charge is 0.336 e. The van der Waals surface area contributed by atoms with Crippen LogP contribution in [0.2, 0.25) is 0 Å². The first-order valence-corrected chi connectivity index (χ1v) is 9.69. The van der Waals surface area contributed by atoms with E-state index in [0.29, 0.717) is 32.6 Å². The maximum Gasteiger partial charge on any atom is 0.336 e. The summed E-state index contributed by atoms with van der Waals surface area (Å²) in [6, 6.07) is -0.702. The Morgan fingerprint density at radius 2 is 1.59 bits per heavy atom. The molecule has 0 radical (unpaired) electrons. The number of aliphatic carboxylic acids is 1. The Morgan fingerprint density at radius 3 is 2.00 bits per heavy atom. The molecular formula is C18H34N4O5. The minimum Gasteiger partial charge on any atom is -0.479 e. The van der Waals surface area contributed by atoms with Gasteiger partial charge in [-0.25, -0.2) is 4.79 Å². The predicted molar refractivity (Wildman–Crippen MR) is 101 cm³/mol. The van der Waals surface area contributed by atoms with Gasteiger partial charge in [-0.2, -0.15) is 0 Å². The van der Waals surface area contributed by atoms with Crippen LogP contribution >= 0.6 is 0 Å². The van der Waals surface area contributed by atoms with Crippen molar-refractivity contribution in [3.05, 3.63) is 0 Å². The van der Waals surface area contributed by atoms with E-state index in [2.05, 4.69) is 5.32 Å². The largest absolute Gasteiger partial charge is 0.479 e. The van der Waals surface area contributed by atoms with E-state index >= 15 is 0 Å². The van der Waals surface area contributed by atoms with Gasteiger partial charge in [0.25, 0.3) is 5.91 Å². The van der Waals surface area contributed by atoms with Crippen LogP contribution in [0.25, 0.3) is 0 Å². The van der Waals surface area contributed by atoms with Gasteiger partial charge in [-0.1, -0.05) is 13.8 Å². The molecule has 0 spiro atoms. The lowest BCUT2D eigenvalue weighted by Gasteiger charge is -2.29. The lowest BCUT2D eigenvalue weighted by atomic mass is 10.0. The fourth-order valence-corrected chi connectivity index (χ4v) is 2.89. The van der Waals surface area contributed by atoms with Crippen molar-refractivity contribution in [3.63, 3.8) is 0 Å². The zero-order chi connectivity index (χ0) is 20.4. The maximum atomic E-state index is 13.1. The van der Waals surface area contributed by atoms with Crippen molar-refractivity contribution in [2.45, 2.75) is 64.2 Å². The van der Waals surface area contributed by atoms with Gasteiger partial charge < -0.3 is 31.5 Å². The molecule has 9 heteroatoms. The number of ether oxygens (including phenoxy) is 1. The van der Waals surface area contributed by atoms with Crippen LogP contribution in [0.15, 0.2) is 0 Å². The minimum absolute atomic E-state index is 0.154. The highest BCUT2D eigenvalue weighted by atomic mass is 16.6. The molecule has 0 saturated carbocycles. The van der Waals surface area contributed by atoms with Gasteiger partial charge in [-0.15, -0.1) is 0 Å². The van der Waals surface area contributed by atoms with Crippen molar-refractivity contribution in [3.8, 4) is 0 Å². The summed E-state index contributed by atoms with van der Waals surface area (Å²) in [5, 5.41) is 11.6. The number of epoxide rings is 1. The fraction of sp³-hybridized carbons (Fsp3) is 0.833. The van der Waals surface area contributed by atoms with Crippen LogP contribution in [-0.4, -0.2) is 72.2 Å². The molecule has 1 heterocycles. The van der Waals surface area contributed by atoms with E-state index in [-0.39, 0.29) is 11.8 Å². The van der Waals surface area contributed by atoms with E-state index in [1.165, 1.54) is 0 Å². The quantitative estimate of drug-likeness (QED) is 0.236. The summed E-state index contributed by atoms with van der Waals surface area (Å²) in [6.07, 6.45) is 1.55. The van der Waals surface area contributed by atoms with Crippen LogP contribution in [0.1, 0.15) is 46.0 Å². The van der Waals surface area contributed by atoms with Crippen molar-refractivity contribution in [2.75, 3.05) is 26.2 Å². The molecule has 6 N–H and O–H groups in total. The Hall–Kier alpha value is -1.71. The van der Waals surface area contributed by atoms with Crippen LogP contribution in [0.5, 0.6) is 0 Å². The molecule has 0 aromatic carbocycles. The standard InChI is InChI=1S/C18H34N4O5/c1-12(2)11-13(21-16(23)14-15(27-14)18(25)26)17(24)22(9-5-3-7-19)10-6-4-8-20/h12-15H,3-11,19-20H2,1-2H3,(H,21,23)(H,25,26)/t13?,14?,15-/m0/s1. The van der Waals surface area contributed by atoms with Crippen LogP contribution in [0.4, 0.5) is 0 Å². The van der Waals surface area contributed by atoms with Crippen molar-refractivity contribution in [1.29, 1.82) is 0 Å². The summed E-state index contributed by atoms with van der Waals surface area (Å²) in [5.41, 5.74) is 11.1. The number of nitrogens with zero attached hydrogens (tertiary/aromatic N) is 1. The fourth-order valence-electron chi connectivity index (χ4n) is 2.89. The molecular weight excluding hydrogens is 352 g/mol. The van der Waals surface area contributed by atoms with Crippen molar-refractivity contribution >= 4 is 17.8 Å². The highest BCUT2D eigenvalue weighted by molar-refractivity contribution is 5.95. The van der Waals surface area contributed by atoms with Crippen LogP contribution in [0.3, 0.4) is 0 Å². The third-order valence-corrected chi connectivity index (χ3v) is 4.39. The molecule has 3 atom stereocenters. The lowest BCUT2D eigenvalue weighted by molar-refractivity contribution is -0.138. The van der Waals surface area contributed by atoms with Gasteiger partial charge in [-0.3, -0.25) is 9.59 Å². The molecule has 2 unspecified atom stereocenters. The normalized spacial score (nSPS) is 19.6. The first kappa shape index (κ1) is 23.3. The van der Waals surface area contributed by atoms with Gasteiger partial charge >= 0.3 is 5.97 Å². The Kier molecular flexibility index (Phi) is 10.3. The Labute approximate surface area is 160 Å². The number of nitrogens with one attached hydrogen (secondary N) is 1. The first-order valence-electron chi connectivity index (χ1n) is 9.69. The summed E-state index contributed by atoms with van der Waals surface area (Å²) in [6.45, 7) is 6.20. The molecule has 1 fully saturated rings. The van der Waals surface area contributed by atoms with E-state index in [9.17, 15) is 14.4 Å². The third kappa shape index (κ3) is 8.23. The number of carboxylic acids is 1. The van der Waals surface area contributed by atoms with Crippen LogP contribution in [0, 0.1) is 5.92 Å². The highest BCUT2D eigenvalue weighted by Gasteiger charge is 2.51. The summed E-state index contributed by atoms with van der Waals surface area (Å²) < 4.78 is 4.88. The Morgan fingerprint density at radius 1 is 1.04 bits per heavy atom. The number of hydrogen-bond donors (Lipinski definition) is 4. The highest BCUT2D eigenvalue weighted by Crippen LogP contribution is 2.23. The number of nitrogens with two attached hydrogens (primary N) is 2. The second-order valence-corrected chi connectivity index (χ2v) is 7.32. The number of amides is 2. The van der Waals surface area contributed by atoms with E-state index in [4.69, 9.17) is 21.3 Å². The molecule has 1 saturated heterocycles. The molecule has 0 aromatic heterocycles. The number of unbranched alkanes of at least 4 members (excludes halogenated alkanes) is 2. The van der Waals surface area contributed by atoms with Crippen LogP contribution < -0.4 is 16.8 Å². The molecule has 9 nitrogen and oxygen atoms in total. The molecule has 1 aliphatic heterocycles. The van der Waals surface area contributed by atoms with Gasteiger partial charge in [0.1, 0.15) is 6.04 Å². The average molecular weight is 386 g/mol. The minimum atomic E-state index is -1.17. The Bertz CT molecular complexity index is 490. The lowest BCUT2D eigenvalue weighted by Crippen LogP contribution is -2.51. The molecule has 1 aliphatic rings. The first-order chi connectivity index (χ1) is 12.8. The molecule has 0 aliphatic carbocycles. The summed E-state index contributed by atoms with van der Waals surface area (Å²) in [5.74, 6) is -1.69. The molecule has 2 amide bonds. The second-order valence-electron chi connectivity index (χ2n) is 7.32. The summed E-state index contributed by atoms with van der Waals surface area (Å²) >= 11 is 0. The molecule has 27 heavy (non-hydrogen) atoms. The number of rotatable bonds is 14. The SMILES string of the molecule is CC(C)CC(NC(=O)C1O[C@@H]1C(=O)O)C(=O)N(CCCCN)CCCCN. The average Bonchev–Trinajstić information content (AvgIpc) is 3.40. The molecule has 0 aromatic rings. The molecule has 1 rings (SSSR count). The summed E-state index contributed by atoms with van der Waals surface area (Å²) in [4.78, 5) is 37.9. The van der Waals surface area contributed by atoms with Crippen LogP contribution in [-0.2, 0) is 19.1 Å². The van der Waals surface area contributed by atoms with Crippen molar-refractivity contribution in [1.82, 2.24) is 10.2 Å².